The summed E-state index contributed by atoms with van der Waals surface area (Å²) in [5.41, 5.74) is 2.57. The van der Waals surface area contributed by atoms with Gasteiger partial charge in [-0.05, 0) is 24.6 Å². The van der Waals surface area contributed by atoms with Crippen LogP contribution < -0.4 is 10.2 Å². The van der Waals surface area contributed by atoms with E-state index in [0.717, 1.165) is 13.2 Å². The lowest BCUT2D eigenvalue weighted by molar-refractivity contribution is -0.00925. The molecular formula is C13H20N2O. The molecule has 0 radical (unpaired) electrons. The van der Waals surface area contributed by atoms with E-state index >= 15 is 0 Å². The second-order valence-corrected chi connectivity index (χ2v) is 4.61. The van der Waals surface area contributed by atoms with Crippen LogP contribution in [0.15, 0.2) is 24.3 Å². The summed E-state index contributed by atoms with van der Waals surface area (Å²) in [6.45, 7) is 3.89. The molecule has 16 heavy (non-hydrogen) atoms. The maximum atomic E-state index is 5.15. The molecule has 0 bridgehead atoms. The quantitative estimate of drug-likeness (QED) is 0.837. The van der Waals surface area contributed by atoms with Crippen molar-refractivity contribution in [2.24, 2.45) is 0 Å². The summed E-state index contributed by atoms with van der Waals surface area (Å²) in [7, 11) is 4.12. The number of hydrogen-bond donors (Lipinski definition) is 1. The fourth-order valence-electron chi connectivity index (χ4n) is 1.84. The molecule has 1 atom stereocenters. The number of nitrogens with zero attached hydrogens (tertiary/aromatic N) is 1. The highest BCUT2D eigenvalue weighted by atomic mass is 16.5. The highest BCUT2D eigenvalue weighted by Crippen LogP contribution is 2.18. The van der Waals surface area contributed by atoms with Gasteiger partial charge in [0.2, 0.25) is 0 Å². The van der Waals surface area contributed by atoms with Gasteiger partial charge in [-0.2, -0.15) is 0 Å². The fraction of sp³-hybridized carbons (Fsp3) is 0.538. The predicted octanol–water partition coefficient (Wildman–Crippen LogP) is 1.80. The van der Waals surface area contributed by atoms with Crippen molar-refractivity contribution >= 4 is 5.69 Å². The summed E-state index contributed by atoms with van der Waals surface area (Å²) < 4.78 is 5.15. The van der Waals surface area contributed by atoms with Crippen molar-refractivity contribution in [1.82, 2.24) is 5.32 Å². The summed E-state index contributed by atoms with van der Waals surface area (Å²) in [6, 6.07) is 9.61. The van der Waals surface area contributed by atoms with E-state index in [4.69, 9.17) is 4.74 Å². The Morgan fingerprint density at radius 2 is 1.88 bits per heavy atom. The third-order valence-corrected chi connectivity index (χ3v) is 3.03. The van der Waals surface area contributed by atoms with Crippen molar-refractivity contribution in [3.8, 4) is 0 Å². The molecule has 1 fully saturated rings. The van der Waals surface area contributed by atoms with Crippen LogP contribution in [0.5, 0.6) is 0 Å². The Balaban J connectivity index is 1.97. The van der Waals surface area contributed by atoms with Gasteiger partial charge in [0.05, 0.1) is 19.3 Å². The van der Waals surface area contributed by atoms with E-state index in [1.54, 1.807) is 0 Å². The number of nitrogens with one attached hydrogen (secondary N) is 1. The summed E-state index contributed by atoms with van der Waals surface area (Å²) in [5.74, 6) is 0. The molecule has 0 saturated carbocycles. The Morgan fingerprint density at radius 1 is 1.25 bits per heavy atom. The Hall–Kier alpha value is -1.06. The van der Waals surface area contributed by atoms with E-state index in [2.05, 4.69) is 55.5 Å². The number of benzene rings is 1. The van der Waals surface area contributed by atoms with Crippen LogP contribution in [0.4, 0.5) is 5.69 Å². The van der Waals surface area contributed by atoms with Crippen molar-refractivity contribution in [2.75, 3.05) is 32.2 Å². The second kappa shape index (κ2) is 4.85. The Kier molecular flexibility index (Phi) is 3.46. The summed E-state index contributed by atoms with van der Waals surface area (Å²) >= 11 is 0. The molecule has 1 aromatic rings. The van der Waals surface area contributed by atoms with Crippen molar-refractivity contribution in [2.45, 2.75) is 19.0 Å². The van der Waals surface area contributed by atoms with Gasteiger partial charge in [0.1, 0.15) is 0 Å². The predicted molar refractivity (Wildman–Crippen MR) is 66.9 cm³/mol. The number of hydrogen-bond acceptors (Lipinski definition) is 3. The van der Waals surface area contributed by atoms with Gasteiger partial charge in [-0.3, -0.25) is 0 Å². The van der Waals surface area contributed by atoms with Crippen LogP contribution in [0.1, 0.15) is 18.5 Å². The molecule has 0 amide bonds. The van der Waals surface area contributed by atoms with Gasteiger partial charge in [-0.1, -0.05) is 12.1 Å². The van der Waals surface area contributed by atoms with Crippen LogP contribution in [0.25, 0.3) is 0 Å². The maximum absolute atomic E-state index is 5.15. The standard InChI is InChI=1S/C13H20N2O/c1-10(14-12-8-16-9-12)11-4-6-13(7-5-11)15(2)3/h4-7,10,12,14H,8-9H2,1-3H3. The third-order valence-electron chi connectivity index (χ3n) is 3.03. The summed E-state index contributed by atoms with van der Waals surface area (Å²) in [4.78, 5) is 2.11. The number of ether oxygens (including phenoxy) is 1. The number of rotatable bonds is 4. The van der Waals surface area contributed by atoms with Crippen LogP contribution in [0.3, 0.4) is 0 Å². The minimum Gasteiger partial charge on any atom is -0.378 e. The lowest BCUT2D eigenvalue weighted by Crippen LogP contribution is -2.46. The fourth-order valence-corrected chi connectivity index (χ4v) is 1.84. The van der Waals surface area contributed by atoms with Gasteiger partial charge < -0.3 is 15.0 Å². The zero-order valence-corrected chi connectivity index (χ0v) is 10.2. The number of anilines is 1. The van der Waals surface area contributed by atoms with Crippen molar-refractivity contribution in [3.63, 3.8) is 0 Å². The Bertz CT molecular complexity index is 330. The molecular weight excluding hydrogens is 200 g/mol. The highest BCUT2D eigenvalue weighted by Gasteiger charge is 2.20. The first kappa shape index (κ1) is 11.4. The first-order valence-electron chi connectivity index (χ1n) is 5.78. The van der Waals surface area contributed by atoms with Crippen molar-refractivity contribution < 1.29 is 4.74 Å². The van der Waals surface area contributed by atoms with E-state index in [9.17, 15) is 0 Å². The first-order chi connectivity index (χ1) is 7.66. The molecule has 1 heterocycles. The molecule has 1 saturated heterocycles. The molecule has 1 unspecified atom stereocenters. The lowest BCUT2D eigenvalue weighted by atomic mass is 10.1. The van der Waals surface area contributed by atoms with Crippen LogP contribution >= 0.6 is 0 Å². The van der Waals surface area contributed by atoms with E-state index in [1.807, 2.05) is 0 Å². The van der Waals surface area contributed by atoms with Gasteiger partial charge in [0, 0.05) is 25.8 Å². The summed E-state index contributed by atoms with van der Waals surface area (Å²) in [6.07, 6.45) is 0. The topological polar surface area (TPSA) is 24.5 Å². The monoisotopic (exact) mass is 220 g/mol. The van der Waals surface area contributed by atoms with Gasteiger partial charge >= 0.3 is 0 Å². The van der Waals surface area contributed by atoms with Crippen molar-refractivity contribution in [3.05, 3.63) is 29.8 Å². The van der Waals surface area contributed by atoms with Gasteiger partial charge in [-0.15, -0.1) is 0 Å². The average molecular weight is 220 g/mol. The Labute approximate surface area is 97.4 Å². The van der Waals surface area contributed by atoms with E-state index in [1.165, 1.54) is 11.3 Å². The molecule has 1 aliphatic rings. The maximum Gasteiger partial charge on any atom is 0.0643 e. The molecule has 1 aromatic carbocycles. The zero-order valence-electron chi connectivity index (χ0n) is 10.2. The molecule has 3 heteroatoms. The Morgan fingerprint density at radius 3 is 2.31 bits per heavy atom. The molecule has 88 valence electrons. The molecule has 2 rings (SSSR count). The molecule has 0 spiro atoms. The molecule has 0 aromatic heterocycles. The van der Waals surface area contributed by atoms with Gasteiger partial charge in [0.15, 0.2) is 0 Å². The molecule has 1 aliphatic heterocycles. The largest absolute Gasteiger partial charge is 0.378 e. The van der Waals surface area contributed by atoms with Crippen LogP contribution in [-0.2, 0) is 4.74 Å². The minimum atomic E-state index is 0.394. The highest BCUT2D eigenvalue weighted by molar-refractivity contribution is 5.46. The zero-order chi connectivity index (χ0) is 11.5. The van der Waals surface area contributed by atoms with Crippen LogP contribution in [-0.4, -0.2) is 33.4 Å². The van der Waals surface area contributed by atoms with E-state index in [-0.39, 0.29) is 0 Å². The molecule has 1 N–H and O–H groups in total. The third kappa shape index (κ3) is 2.54. The van der Waals surface area contributed by atoms with Crippen LogP contribution in [0.2, 0.25) is 0 Å². The van der Waals surface area contributed by atoms with E-state index < -0.39 is 0 Å². The lowest BCUT2D eigenvalue weighted by Gasteiger charge is -2.30. The second-order valence-electron chi connectivity index (χ2n) is 4.61. The SMILES string of the molecule is CC(NC1COC1)c1ccc(N(C)C)cc1. The van der Waals surface area contributed by atoms with Crippen molar-refractivity contribution in [1.29, 1.82) is 0 Å². The summed E-state index contributed by atoms with van der Waals surface area (Å²) in [5, 5.41) is 3.54. The van der Waals surface area contributed by atoms with Crippen LogP contribution in [0, 0.1) is 0 Å². The minimum absolute atomic E-state index is 0.394. The van der Waals surface area contributed by atoms with Gasteiger partial charge in [-0.25, -0.2) is 0 Å². The van der Waals surface area contributed by atoms with E-state index in [0.29, 0.717) is 12.1 Å². The molecule has 0 aliphatic carbocycles. The molecule has 3 nitrogen and oxygen atoms in total. The smallest absolute Gasteiger partial charge is 0.0643 e. The first-order valence-corrected chi connectivity index (χ1v) is 5.78. The normalized spacial score (nSPS) is 17.9. The van der Waals surface area contributed by atoms with Gasteiger partial charge in [0.25, 0.3) is 0 Å². The average Bonchev–Trinajstić information content (AvgIpc) is 2.23.